The van der Waals surface area contributed by atoms with E-state index in [0.717, 1.165) is 5.56 Å². The third-order valence-corrected chi connectivity index (χ3v) is 1.46. The zero-order valence-electron chi connectivity index (χ0n) is 7.14. The smallest absolute Gasteiger partial charge is 0.406 e. The Labute approximate surface area is 79.5 Å². The van der Waals surface area contributed by atoms with Crippen molar-refractivity contribution in [3.8, 4) is 18.1 Å². The quantitative estimate of drug-likeness (QED) is 0.667. The number of hydrogen-bond donors (Lipinski definition) is 0. The Morgan fingerprint density at radius 2 is 1.79 bits per heavy atom. The van der Waals surface area contributed by atoms with Crippen LogP contribution in [0.1, 0.15) is 5.56 Å². The van der Waals surface area contributed by atoms with Crippen molar-refractivity contribution >= 4 is 0 Å². The van der Waals surface area contributed by atoms with Gasteiger partial charge in [-0.1, -0.05) is 12.1 Å². The van der Waals surface area contributed by atoms with Crippen molar-refractivity contribution in [2.24, 2.45) is 0 Å². The maximum atomic E-state index is 11.7. The molecule has 0 N–H and O–H groups in total. The molecule has 1 aromatic rings. The van der Waals surface area contributed by atoms with Crippen LogP contribution in [0.25, 0.3) is 0 Å². The molecule has 0 fully saturated rings. The monoisotopic (exact) mass is 200 g/mol. The Kier molecular flexibility index (Phi) is 3.03. The molecule has 0 aliphatic heterocycles. The molecule has 74 valence electrons. The molecule has 0 radical (unpaired) electrons. The van der Waals surface area contributed by atoms with E-state index >= 15 is 0 Å². The Morgan fingerprint density at radius 1 is 1.21 bits per heavy atom. The van der Waals surface area contributed by atoms with E-state index in [-0.39, 0.29) is 5.75 Å². The van der Waals surface area contributed by atoms with Crippen molar-refractivity contribution in [3.05, 3.63) is 29.8 Å². The van der Waals surface area contributed by atoms with Crippen molar-refractivity contribution in [1.82, 2.24) is 0 Å². The lowest BCUT2D eigenvalue weighted by atomic mass is 10.1. The van der Waals surface area contributed by atoms with E-state index in [2.05, 4.69) is 10.7 Å². The molecular weight excluding hydrogens is 193 g/mol. The lowest BCUT2D eigenvalue weighted by Gasteiger charge is -2.08. The Morgan fingerprint density at radius 3 is 2.21 bits per heavy atom. The molecule has 0 aliphatic carbocycles. The highest BCUT2D eigenvalue weighted by Crippen LogP contribution is 2.22. The van der Waals surface area contributed by atoms with Crippen molar-refractivity contribution < 1.29 is 17.9 Å². The fraction of sp³-hybridized carbons (Fsp3) is 0.200. The largest absolute Gasteiger partial charge is 0.573 e. The summed E-state index contributed by atoms with van der Waals surface area (Å²) in [6.07, 6.45) is 0.789. The van der Waals surface area contributed by atoms with Crippen LogP contribution in [0.4, 0.5) is 13.2 Å². The molecule has 0 heterocycles. The average Bonchev–Trinajstić information content (AvgIpc) is 2.06. The fourth-order valence-corrected chi connectivity index (χ4v) is 0.927. The SMILES string of the molecule is C#CCc1ccc(OC(F)(F)F)cc1. The van der Waals surface area contributed by atoms with Crippen molar-refractivity contribution in [2.75, 3.05) is 0 Å². The van der Waals surface area contributed by atoms with Crippen LogP contribution in [-0.4, -0.2) is 6.36 Å². The van der Waals surface area contributed by atoms with Gasteiger partial charge in [-0.25, -0.2) is 0 Å². The van der Waals surface area contributed by atoms with Crippen LogP contribution in [0.2, 0.25) is 0 Å². The summed E-state index contributed by atoms with van der Waals surface area (Å²) in [5, 5.41) is 0. The lowest BCUT2D eigenvalue weighted by Crippen LogP contribution is -2.16. The third-order valence-electron chi connectivity index (χ3n) is 1.46. The van der Waals surface area contributed by atoms with Crippen LogP contribution >= 0.6 is 0 Å². The van der Waals surface area contributed by atoms with E-state index in [1.54, 1.807) is 0 Å². The molecule has 4 heteroatoms. The molecule has 0 aromatic heterocycles. The molecule has 1 rings (SSSR count). The first-order valence-corrected chi connectivity index (χ1v) is 3.79. The molecule has 0 aliphatic rings. The molecule has 1 aromatic carbocycles. The van der Waals surface area contributed by atoms with Gasteiger partial charge in [0.05, 0.1) is 0 Å². The number of halogens is 3. The van der Waals surface area contributed by atoms with Crippen LogP contribution in [0.15, 0.2) is 24.3 Å². The first-order valence-electron chi connectivity index (χ1n) is 3.79. The second-order valence-corrected chi connectivity index (χ2v) is 2.57. The van der Waals surface area contributed by atoms with E-state index < -0.39 is 6.36 Å². The summed E-state index contributed by atoms with van der Waals surface area (Å²) in [4.78, 5) is 0. The number of benzene rings is 1. The molecule has 0 amide bonds. The number of alkyl halides is 3. The minimum Gasteiger partial charge on any atom is -0.406 e. The van der Waals surface area contributed by atoms with E-state index in [0.29, 0.717) is 6.42 Å². The number of hydrogen-bond acceptors (Lipinski definition) is 1. The van der Waals surface area contributed by atoms with Crippen LogP contribution in [0.5, 0.6) is 5.75 Å². The normalized spacial score (nSPS) is 10.7. The predicted molar refractivity (Wildman–Crippen MR) is 45.7 cm³/mol. The molecule has 0 saturated carbocycles. The fourth-order valence-electron chi connectivity index (χ4n) is 0.927. The highest BCUT2D eigenvalue weighted by atomic mass is 19.4. The van der Waals surface area contributed by atoms with Crippen molar-refractivity contribution in [3.63, 3.8) is 0 Å². The van der Waals surface area contributed by atoms with E-state index in [1.807, 2.05) is 0 Å². The van der Waals surface area contributed by atoms with Crippen molar-refractivity contribution in [1.29, 1.82) is 0 Å². The molecule has 14 heavy (non-hydrogen) atoms. The van der Waals surface area contributed by atoms with Crippen LogP contribution in [-0.2, 0) is 6.42 Å². The highest BCUT2D eigenvalue weighted by molar-refractivity contribution is 5.29. The van der Waals surface area contributed by atoms with Crippen LogP contribution in [0, 0.1) is 12.3 Å². The number of terminal acetylenes is 1. The summed E-state index contributed by atoms with van der Waals surface area (Å²) in [6, 6.07) is 5.47. The number of ether oxygens (including phenoxy) is 1. The molecule has 0 saturated heterocycles. The van der Waals surface area contributed by atoms with Crippen LogP contribution < -0.4 is 4.74 Å². The molecule has 0 bridgehead atoms. The summed E-state index contributed by atoms with van der Waals surface area (Å²) >= 11 is 0. The van der Waals surface area contributed by atoms with Gasteiger partial charge in [-0.3, -0.25) is 0 Å². The van der Waals surface area contributed by atoms with Gasteiger partial charge in [-0.15, -0.1) is 25.5 Å². The average molecular weight is 200 g/mol. The van der Waals surface area contributed by atoms with Gasteiger partial charge >= 0.3 is 6.36 Å². The molecule has 0 atom stereocenters. The second kappa shape index (κ2) is 4.05. The summed E-state index contributed by atoms with van der Waals surface area (Å²) in [6.45, 7) is 0. The summed E-state index contributed by atoms with van der Waals surface area (Å²) in [7, 11) is 0. The van der Waals surface area contributed by atoms with E-state index in [9.17, 15) is 13.2 Å². The van der Waals surface area contributed by atoms with E-state index in [4.69, 9.17) is 6.42 Å². The minimum atomic E-state index is -4.65. The molecule has 0 spiro atoms. The third kappa shape index (κ3) is 3.40. The first kappa shape index (κ1) is 10.5. The Bertz CT molecular complexity index is 332. The van der Waals surface area contributed by atoms with Gasteiger partial charge in [-0.05, 0) is 17.7 Å². The zero-order valence-corrected chi connectivity index (χ0v) is 7.14. The maximum Gasteiger partial charge on any atom is 0.573 e. The standard InChI is InChI=1S/C10H7F3O/c1-2-3-8-4-6-9(7-5-8)14-10(11,12)13/h1,4-7H,3H2. The Hall–Kier alpha value is -1.63. The zero-order chi connectivity index (χ0) is 10.6. The highest BCUT2D eigenvalue weighted by Gasteiger charge is 2.30. The van der Waals surface area contributed by atoms with Gasteiger partial charge in [0.2, 0.25) is 0 Å². The van der Waals surface area contributed by atoms with Gasteiger partial charge in [-0.2, -0.15) is 0 Å². The van der Waals surface area contributed by atoms with Gasteiger partial charge in [0.25, 0.3) is 0 Å². The van der Waals surface area contributed by atoms with Gasteiger partial charge in [0, 0.05) is 6.42 Å². The molecule has 0 unspecified atom stereocenters. The van der Waals surface area contributed by atoms with Gasteiger partial charge in [0.1, 0.15) is 5.75 Å². The van der Waals surface area contributed by atoms with Gasteiger partial charge in [0.15, 0.2) is 0 Å². The molecular formula is C10H7F3O. The number of rotatable bonds is 2. The second-order valence-electron chi connectivity index (χ2n) is 2.57. The lowest BCUT2D eigenvalue weighted by molar-refractivity contribution is -0.274. The maximum absolute atomic E-state index is 11.7. The minimum absolute atomic E-state index is 0.238. The predicted octanol–water partition coefficient (Wildman–Crippen LogP) is 2.76. The van der Waals surface area contributed by atoms with Gasteiger partial charge < -0.3 is 4.74 Å². The summed E-state index contributed by atoms with van der Waals surface area (Å²) in [5.41, 5.74) is 0.780. The van der Waals surface area contributed by atoms with E-state index in [1.165, 1.54) is 24.3 Å². The molecule has 1 nitrogen and oxygen atoms in total. The first-order chi connectivity index (χ1) is 6.51. The van der Waals surface area contributed by atoms with Crippen molar-refractivity contribution in [2.45, 2.75) is 12.8 Å². The topological polar surface area (TPSA) is 9.23 Å². The van der Waals surface area contributed by atoms with Crippen LogP contribution in [0.3, 0.4) is 0 Å². The summed E-state index contributed by atoms with van der Waals surface area (Å²) in [5.74, 6) is 2.15. The summed E-state index contributed by atoms with van der Waals surface area (Å²) < 4.78 is 38.9. The Balaban J connectivity index is 2.70.